The number of aliphatic hydroxyl groups excluding tert-OH is 1. The molecule has 2 atom stereocenters. The highest BCUT2D eigenvalue weighted by Crippen LogP contribution is 2.39. The molecule has 0 spiro atoms. The van der Waals surface area contributed by atoms with Gasteiger partial charge in [0.05, 0.1) is 6.61 Å². The number of ether oxygens (including phenoxy) is 1. The molecule has 1 aliphatic rings. The number of rotatable bonds is 7. The van der Waals surface area contributed by atoms with E-state index in [1.165, 1.54) is 11.1 Å². The molecule has 1 fully saturated rings. The molecule has 0 bridgehead atoms. The Balaban J connectivity index is 1.57. The van der Waals surface area contributed by atoms with Gasteiger partial charge in [0, 0.05) is 19.6 Å². The molecule has 1 saturated heterocycles. The summed E-state index contributed by atoms with van der Waals surface area (Å²) < 4.78 is 5.79. The van der Waals surface area contributed by atoms with Crippen molar-refractivity contribution in [2.75, 3.05) is 19.7 Å². The summed E-state index contributed by atoms with van der Waals surface area (Å²) in [5.74, 6) is 0. The van der Waals surface area contributed by atoms with Gasteiger partial charge in [-0.05, 0) is 11.1 Å². The predicted molar refractivity (Wildman–Crippen MR) is 82.9 cm³/mol. The SMILES string of the molecule is OCCN(Cc1ccccc1)C[C@H]1O[C@@H]1c1ccccc1. The van der Waals surface area contributed by atoms with E-state index in [0.29, 0.717) is 6.54 Å². The molecule has 0 saturated carbocycles. The van der Waals surface area contributed by atoms with Gasteiger partial charge >= 0.3 is 0 Å². The number of nitrogens with zero attached hydrogens (tertiary/aromatic N) is 1. The minimum Gasteiger partial charge on any atom is -0.395 e. The molecule has 0 amide bonds. The molecule has 1 heterocycles. The lowest BCUT2D eigenvalue weighted by Crippen LogP contribution is -2.30. The first-order chi connectivity index (χ1) is 10.4. The van der Waals surface area contributed by atoms with E-state index in [1.807, 2.05) is 36.4 Å². The van der Waals surface area contributed by atoms with Crippen LogP contribution in [0.25, 0.3) is 0 Å². The molecule has 1 aliphatic heterocycles. The number of hydrogen-bond donors (Lipinski definition) is 1. The lowest BCUT2D eigenvalue weighted by atomic mass is 10.1. The summed E-state index contributed by atoms with van der Waals surface area (Å²) in [4.78, 5) is 2.25. The zero-order valence-corrected chi connectivity index (χ0v) is 12.1. The molecule has 3 heteroatoms. The molecule has 1 N–H and O–H groups in total. The zero-order chi connectivity index (χ0) is 14.5. The quantitative estimate of drug-likeness (QED) is 0.794. The minimum atomic E-state index is 0.176. The van der Waals surface area contributed by atoms with E-state index in [-0.39, 0.29) is 18.8 Å². The monoisotopic (exact) mass is 283 g/mol. The molecule has 21 heavy (non-hydrogen) atoms. The Labute approximate surface area is 125 Å². The van der Waals surface area contributed by atoms with Crippen LogP contribution in [0.4, 0.5) is 0 Å². The van der Waals surface area contributed by atoms with Crippen LogP contribution in [-0.2, 0) is 11.3 Å². The van der Waals surface area contributed by atoms with Crippen LogP contribution in [0.15, 0.2) is 60.7 Å². The highest BCUT2D eigenvalue weighted by atomic mass is 16.6. The third kappa shape index (κ3) is 3.91. The zero-order valence-electron chi connectivity index (χ0n) is 12.1. The van der Waals surface area contributed by atoms with Gasteiger partial charge in [-0.2, -0.15) is 0 Å². The van der Waals surface area contributed by atoms with Gasteiger partial charge < -0.3 is 9.84 Å². The van der Waals surface area contributed by atoms with Gasteiger partial charge in [0.2, 0.25) is 0 Å². The van der Waals surface area contributed by atoms with E-state index >= 15 is 0 Å². The Bertz CT molecular complexity index is 544. The third-order valence-corrected chi connectivity index (χ3v) is 3.81. The van der Waals surface area contributed by atoms with Crippen molar-refractivity contribution < 1.29 is 9.84 Å². The first-order valence-corrected chi connectivity index (χ1v) is 7.44. The lowest BCUT2D eigenvalue weighted by molar-refractivity contribution is 0.178. The van der Waals surface area contributed by atoms with Crippen LogP contribution in [-0.4, -0.2) is 35.8 Å². The highest BCUT2D eigenvalue weighted by Gasteiger charge is 2.40. The van der Waals surface area contributed by atoms with Gasteiger partial charge in [0.25, 0.3) is 0 Å². The van der Waals surface area contributed by atoms with Gasteiger partial charge in [-0.1, -0.05) is 60.7 Å². The molecule has 110 valence electrons. The smallest absolute Gasteiger partial charge is 0.110 e. The lowest BCUT2D eigenvalue weighted by Gasteiger charge is -2.20. The van der Waals surface area contributed by atoms with Gasteiger partial charge in [0.1, 0.15) is 12.2 Å². The van der Waals surface area contributed by atoms with Crippen molar-refractivity contribution in [3.8, 4) is 0 Å². The fourth-order valence-corrected chi connectivity index (χ4v) is 2.69. The average Bonchev–Trinajstić information content (AvgIpc) is 3.29. The average molecular weight is 283 g/mol. The maximum atomic E-state index is 9.25. The van der Waals surface area contributed by atoms with Crippen LogP contribution in [0.5, 0.6) is 0 Å². The van der Waals surface area contributed by atoms with E-state index in [4.69, 9.17) is 4.74 Å². The highest BCUT2D eigenvalue weighted by molar-refractivity contribution is 5.22. The Hall–Kier alpha value is -1.68. The maximum Gasteiger partial charge on any atom is 0.110 e. The summed E-state index contributed by atoms with van der Waals surface area (Å²) in [5, 5.41) is 9.25. The van der Waals surface area contributed by atoms with Crippen LogP contribution in [0.3, 0.4) is 0 Å². The van der Waals surface area contributed by atoms with Crippen molar-refractivity contribution in [2.24, 2.45) is 0 Å². The maximum absolute atomic E-state index is 9.25. The summed E-state index contributed by atoms with van der Waals surface area (Å²) in [6.07, 6.45) is 0.450. The summed E-state index contributed by atoms with van der Waals surface area (Å²) >= 11 is 0. The van der Waals surface area contributed by atoms with Gasteiger partial charge in [-0.25, -0.2) is 0 Å². The number of benzene rings is 2. The first-order valence-electron chi connectivity index (χ1n) is 7.44. The fourth-order valence-electron chi connectivity index (χ4n) is 2.69. The standard InChI is InChI=1S/C18H21NO2/c20-12-11-19(13-15-7-3-1-4-8-15)14-17-18(21-17)16-9-5-2-6-10-16/h1-10,17-18,20H,11-14H2/t17-,18-/m1/s1. The molecular formula is C18H21NO2. The molecule has 0 aromatic heterocycles. The van der Waals surface area contributed by atoms with Gasteiger partial charge in [-0.3, -0.25) is 4.90 Å². The van der Waals surface area contributed by atoms with Crippen molar-refractivity contribution in [1.82, 2.24) is 4.90 Å². The minimum absolute atomic E-state index is 0.176. The van der Waals surface area contributed by atoms with E-state index in [0.717, 1.165) is 13.1 Å². The molecule has 0 aliphatic carbocycles. The van der Waals surface area contributed by atoms with Crippen molar-refractivity contribution in [2.45, 2.75) is 18.8 Å². The normalized spacial score (nSPS) is 20.7. The topological polar surface area (TPSA) is 36.0 Å². The summed E-state index contributed by atoms with van der Waals surface area (Å²) in [5.41, 5.74) is 2.51. The van der Waals surface area contributed by atoms with E-state index in [9.17, 15) is 5.11 Å². The Morgan fingerprint density at radius 2 is 1.62 bits per heavy atom. The predicted octanol–water partition coefficient (Wildman–Crippen LogP) is 2.62. The molecular weight excluding hydrogens is 262 g/mol. The second kappa shape index (κ2) is 6.85. The van der Waals surface area contributed by atoms with Gasteiger partial charge in [-0.15, -0.1) is 0 Å². The summed E-state index contributed by atoms with van der Waals surface area (Å²) in [6.45, 7) is 2.56. The summed E-state index contributed by atoms with van der Waals surface area (Å²) in [7, 11) is 0. The molecule has 2 aromatic carbocycles. The second-order valence-electron chi connectivity index (χ2n) is 5.45. The first kappa shape index (κ1) is 14.3. The van der Waals surface area contributed by atoms with E-state index in [2.05, 4.69) is 29.2 Å². The molecule has 3 nitrogen and oxygen atoms in total. The van der Waals surface area contributed by atoms with Crippen molar-refractivity contribution in [3.63, 3.8) is 0 Å². The van der Waals surface area contributed by atoms with Crippen molar-refractivity contribution in [1.29, 1.82) is 0 Å². The van der Waals surface area contributed by atoms with E-state index < -0.39 is 0 Å². The van der Waals surface area contributed by atoms with Crippen LogP contribution in [0.2, 0.25) is 0 Å². The molecule has 0 radical (unpaired) electrons. The molecule has 3 rings (SSSR count). The Kier molecular flexibility index (Phi) is 4.65. The fraction of sp³-hybridized carbons (Fsp3) is 0.333. The molecule has 2 aromatic rings. The number of epoxide rings is 1. The van der Waals surface area contributed by atoms with Crippen LogP contribution in [0, 0.1) is 0 Å². The number of aliphatic hydroxyl groups is 1. The van der Waals surface area contributed by atoms with Crippen molar-refractivity contribution >= 4 is 0 Å². The summed E-state index contributed by atoms with van der Waals surface area (Å²) in [6, 6.07) is 20.7. The Morgan fingerprint density at radius 3 is 2.29 bits per heavy atom. The molecule has 0 unspecified atom stereocenters. The van der Waals surface area contributed by atoms with Crippen LogP contribution >= 0.6 is 0 Å². The third-order valence-electron chi connectivity index (χ3n) is 3.81. The largest absolute Gasteiger partial charge is 0.395 e. The number of hydrogen-bond acceptors (Lipinski definition) is 3. The van der Waals surface area contributed by atoms with Crippen LogP contribution < -0.4 is 0 Å². The van der Waals surface area contributed by atoms with Crippen LogP contribution in [0.1, 0.15) is 17.2 Å². The van der Waals surface area contributed by atoms with Crippen molar-refractivity contribution in [3.05, 3.63) is 71.8 Å². The Morgan fingerprint density at radius 1 is 0.952 bits per heavy atom. The second-order valence-corrected chi connectivity index (χ2v) is 5.45. The van der Waals surface area contributed by atoms with E-state index in [1.54, 1.807) is 0 Å². The van der Waals surface area contributed by atoms with Gasteiger partial charge in [0.15, 0.2) is 0 Å².